The summed E-state index contributed by atoms with van der Waals surface area (Å²) < 4.78 is 1.65. The van der Waals surface area contributed by atoms with Crippen molar-refractivity contribution >= 4 is 23.2 Å². The topological polar surface area (TPSA) is 59.0 Å². The number of para-hydroxylation sites is 1. The van der Waals surface area contributed by atoms with Gasteiger partial charge in [0.1, 0.15) is 5.69 Å². The van der Waals surface area contributed by atoms with E-state index in [4.69, 9.17) is 11.6 Å². The molecule has 1 aromatic carbocycles. The van der Waals surface area contributed by atoms with Crippen molar-refractivity contribution in [2.45, 2.75) is 25.3 Å². The third kappa shape index (κ3) is 3.62. The molecule has 0 spiro atoms. The maximum atomic E-state index is 12.0. The van der Waals surface area contributed by atoms with Gasteiger partial charge in [0.2, 0.25) is 5.91 Å². The number of hydrogen-bond donors (Lipinski definition) is 2. The van der Waals surface area contributed by atoms with Crippen LogP contribution in [0.25, 0.3) is 5.69 Å². The molecule has 6 heteroatoms. The number of aromatic nitrogens is 2. The van der Waals surface area contributed by atoms with Gasteiger partial charge in [-0.25, -0.2) is 4.68 Å². The van der Waals surface area contributed by atoms with Gasteiger partial charge in [-0.3, -0.25) is 4.79 Å². The van der Waals surface area contributed by atoms with Gasteiger partial charge in [0, 0.05) is 31.4 Å². The van der Waals surface area contributed by atoms with Crippen LogP contribution in [0.3, 0.4) is 0 Å². The summed E-state index contributed by atoms with van der Waals surface area (Å²) in [6.07, 6.45) is 6.36. The Kier molecular flexibility index (Phi) is 4.22. The Morgan fingerprint density at radius 2 is 2.24 bits per heavy atom. The van der Waals surface area contributed by atoms with Crippen molar-refractivity contribution in [3.05, 3.63) is 41.7 Å². The highest BCUT2D eigenvalue weighted by Crippen LogP contribution is 2.28. The number of rotatable bonds is 6. The molecule has 2 N–H and O–H groups in total. The van der Waals surface area contributed by atoms with Gasteiger partial charge in [-0.1, -0.05) is 17.7 Å². The van der Waals surface area contributed by atoms with Crippen molar-refractivity contribution in [3.8, 4) is 5.69 Å². The molecule has 1 saturated carbocycles. The normalized spacial score (nSPS) is 14.1. The van der Waals surface area contributed by atoms with Crippen LogP contribution in [0.5, 0.6) is 0 Å². The number of halogens is 1. The number of amides is 1. The van der Waals surface area contributed by atoms with Gasteiger partial charge in [0.25, 0.3) is 0 Å². The predicted molar refractivity (Wildman–Crippen MR) is 82.8 cm³/mol. The Morgan fingerprint density at radius 1 is 1.38 bits per heavy atom. The molecule has 0 saturated heterocycles. The highest BCUT2D eigenvalue weighted by molar-refractivity contribution is 6.33. The van der Waals surface area contributed by atoms with Crippen molar-refractivity contribution in [1.82, 2.24) is 15.1 Å². The van der Waals surface area contributed by atoms with Gasteiger partial charge in [-0.05, 0) is 31.0 Å². The summed E-state index contributed by atoms with van der Waals surface area (Å²) in [5.74, 6) is -0.0289. The number of carbonyl (C=O) groups excluding carboxylic acids is 1. The van der Waals surface area contributed by atoms with Gasteiger partial charge in [0.05, 0.1) is 10.7 Å². The Labute approximate surface area is 128 Å². The summed E-state index contributed by atoms with van der Waals surface area (Å²) in [6, 6.07) is 7.85. The highest BCUT2D eigenvalue weighted by Gasteiger charge is 2.20. The summed E-state index contributed by atoms with van der Waals surface area (Å²) in [5, 5.41) is 11.0. The molecule has 0 radical (unpaired) electrons. The fourth-order valence-electron chi connectivity index (χ4n) is 2.14. The van der Waals surface area contributed by atoms with Gasteiger partial charge >= 0.3 is 0 Å². The van der Waals surface area contributed by atoms with Crippen LogP contribution in [0.1, 0.15) is 19.3 Å². The summed E-state index contributed by atoms with van der Waals surface area (Å²) in [5.41, 5.74) is 1.36. The number of anilines is 1. The molecule has 1 aromatic heterocycles. The third-order valence-corrected chi connectivity index (χ3v) is 3.66. The van der Waals surface area contributed by atoms with E-state index in [0.29, 0.717) is 35.4 Å². The molecule has 1 heterocycles. The van der Waals surface area contributed by atoms with Crippen LogP contribution >= 0.6 is 11.6 Å². The Hall–Kier alpha value is -1.85. The molecule has 1 amide bonds. The molecule has 3 rings (SSSR count). The first-order chi connectivity index (χ1) is 10.2. The van der Waals surface area contributed by atoms with Crippen LogP contribution in [0.15, 0.2) is 36.7 Å². The Morgan fingerprint density at radius 3 is 2.95 bits per heavy atom. The molecular weight excluding hydrogens is 288 g/mol. The van der Waals surface area contributed by atoms with E-state index in [1.807, 2.05) is 18.2 Å². The molecule has 0 aliphatic heterocycles. The van der Waals surface area contributed by atoms with E-state index in [1.54, 1.807) is 23.1 Å². The zero-order chi connectivity index (χ0) is 14.7. The van der Waals surface area contributed by atoms with Crippen molar-refractivity contribution in [1.29, 1.82) is 0 Å². The van der Waals surface area contributed by atoms with Crippen molar-refractivity contribution in [2.75, 3.05) is 11.9 Å². The van der Waals surface area contributed by atoms with Crippen molar-refractivity contribution in [3.63, 3.8) is 0 Å². The third-order valence-electron chi connectivity index (χ3n) is 3.36. The smallest absolute Gasteiger partial charge is 0.225 e. The molecule has 0 atom stereocenters. The first kappa shape index (κ1) is 14.1. The largest absolute Gasteiger partial charge is 0.324 e. The molecule has 0 unspecified atom stereocenters. The lowest BCUT2D eigenvalue weighted by atomic mass is 10.2. The van der Waals surface area contributed by atoms with Crippen LogP contribution in [-0.4, -0.2) is 28.3 Å². The molecule has 5 nitrogen and oxygen atoms in total. The van der Waals surface area contributed by atoms with Crippen molar-refractivity contribution < 1.29 is 4.79 Å². The van der Waals surface area contributed by atoms with Crippen molar-refractivity contribution in [2.24, 2.45) is 0 Å². The first-order valence-electron chi connectivity index (χ1n) is 7.06. The van der Waals surface area contributed by atoms with Crippen LogP contribution in [-0.2, 0) is 4.79 Å². The second kappa shape index (κ2) is 6.28. The van der Waals surface area contributed by atoms with Crippen LogP contribution in [0, 0.1) is 0 Å². The number of nitrogens with one attached hydrogen (secondary N) is 2. The molecule has 1 aliphatic carbocycles. The second-order valence-corrected chi connectivity index (χ2v) is 5.52. The van der Waals surface area contributed by atoms with E-state index >= 15 is 0 Å². The van der Waals surface area contributed by atoms with E-state index in [9.17, 15) is 4.79 Å². The molecule has 0 bridgehead atoms. The van der Waals surface area contributed by atoms with Crippen LogP contribution in [0.4, 0.5) is 5.69 Å². The average molecular weight is 305 g/mol. The lowest BCUT2D eigenvalue weighted by Crippen LogP contribution is -2.23. The molecule has 1 fully saturated rings. The summed E-state index contributed by atoms with van der Waals surface area (Å²) in [6.45, 7) is 0.703. The van der Waals surface area contributed by atoms with E-state index in [-0.39, 0.29) is 5.91 Å². The minimum atomic E-state index is -0.0289. The van der Waals surface area contributed by atoms with Crippen LogP contribution < -0.4 is 10.6 Å². The summed E-state index contributed by atoms with van der Waals surface area (Å²) in [4.78, 5) is 12.0. The molecule has 1 aliphatic rings. The zero-order valence-corrected chi connectivity index (χ0v) is 12.3. The highest BCUT2D eigenvalue weighted by atomic mass is 35.5. The molecule has 2 aromatic rings. The fraction of sp³-hybridized carbons (Fsp3) is 0.333. The number of benzene rings is 1. The average Bonchev–Trinajstić information content (AvgIpc) is 3.12. The van der Waals surface area contributed by atoms with Gasteiger partial charge in [-0.15, -0.1) is 0 Å². The monoisotopic (exact) mass is 304 g/mol. The maximum absolute atomic E-state index is 12.0. The van der Waals surface area contributed by atoms with Gasteiger partial charge in [0.15, 0.2) is 0 Å². The number of nitrogens with zero attached hydrogens (tertiary/aromatic N) is 2. The number of carbonyl (C=O) groups is 1. The lowest BCUT2D eigenvalue weighted by Gasteiger charge is -2.13. The Bertz CT molecular complexity index is 623. The van der Waals surface area contributed by atoms with Gasteiger partial charge in [-0.2, -0.15) is 5.10 Å². The fourth-order valence-corrected chi connectivity index (χ4v) is 2.40. The quantitative estimate of drug-likeness (QED) is 0.862. The molecular formula is C15H17ClN4O. The minimum absolute atomic E-state index is 0.0289. The maximum Gasteiger partial charge on any atom is 0.225 e. The van der Waals surface area contributed by atoms with Crippen LogP contribution in [0.2, 0.25) is 5.02 Å². The summed E-state index contributed by atoms with van der Waals surface area (Å²) >= 11 is 6.23. The van der Waals surface area contributed by atoms with Gasteiger partial charge < -0.3 is 10.6 Å². The number of hydrogen-bond acceptors (Lipinski definition) is 3. The molecule has 21 heavy (non-hydrogen) atoms. The van der Waals surface area contributed by atoms with E-state index in [0.717, 1.165) is 0 Å². The predicted octanol–water partition coefficient (Wildman–Crippen LogP) is 2.61. The van der Waals surface area contributed by atoms with E-state index in [2.05, 4.69) is 15.7 Å². The zero-order valence-electron chi connectivity index (χ0n) is 11.6. The van der Waals surface area contributed by atoms with E-state index in [1.165, 1.54) is 12.8 Å². The van der Waals surface area contributed by atoms with E-state index < -0.39 is 0 Å². The minimum Gasteiger partial charge on any atom is -0.324 e. The Balaban J connectivity index is 1.69. The summed E-state index contributed by atoms with van der Waals surface area (Å²) in [7, 11) is 0. The lowest BCUT2D eigenvalue weighted by molar-refractivity contribution is -0.116. The second-order valence-electron chi connectivity index (χ2n) is 5.11. The molecule has 110 valence electrons. The SMILES string of the molecule is O=C(CCNC1CC1)Nc1cccc(Cl)c1-n1cccn1. The first-order valence-corrected chi connectivity index (χ1v) is 7.43. The standard InChI is InChI=1S/C15H17ClN4O/c16-12-3-1-4-13(15(12)20-10-2-8-18-20)19-14(21)7-9-17-11-5-6-11/h1-4,8,10-11,17H,5-7,9H2,(H,19,21).